The van der Waals surface area contributed by atoms with Crippen LogP contribution in [-0.2, 0) is 6.54 Å². The van der Waals surface area contributed by atoms with Crippen LogP contribution in [0.25, 0.3) is 0 Å². The van der Waals surface area contributed by atoms with E-state index in [0.29, 0.717) is 12.2 Å². The van der Waals surface area contributed by atoms with Crippen molar-refractivity contribution in [1.82, 2.24) is 4.98 Å². The van der Waals surface area contributed by atoms with Crippen LogP contribution in [-0.4, -0.2) is 16.9 Å². The van der Waals surface area contributed by atoms with Crippen LogP contribution >= 0.6 is 0 Å². The molecule has 1 heterocycles. The molecule has 1 amide bonds. The molecule has 0 saturated carbocycles. The van der Waals surface area contributed by atoms with E-state index >= 15 is 0 Å². The van der Waals surface area contributed by atoms with Crippen molar-refractivity contribution in [3.05, 3.63) is 59.7 Å². The largest absolute Gasteiger partial charge is 0.326 e. The summed E-state index contributed by atoms with van der Waals surface area (Å²) in [6, 6.07) is 8.65. The molecule has 0 bridgehead atoms. The zero-order valence-electron chi connectivity index (χ0n) is 12.1. The van der Waals surface area contributed by atoms with Crippen molar-refractivity contribution in [2.45, 2.75) is 26.4 Å². The number of rotatable bonds is 4. The quantitative estimate of drug-likeness (QED) is 0.940. The number of pyridine rings is 1. The Labute approximate surface area is 123 Å². The van der Waals surface area contributed by atoms with Gasteiger partial charge in [-0.3, -0.25) is 9.78 Å². The van der Waals surface area contributed by atoms with Gasteiger partial charge in [-0.2, -0.15) is 0 Å². The van der Waals surface area contributed by atoms with Gasteiger partial charge in [0.2, 0.25) is 0 Å². The van der Waals surface area contributed by atoms with Gasteiger partial charge in [0.05, 0.1) is 11.8 Å². The monoisotopic (exact) mass is 287 g/mol. The first kappa shape index (κ1) is 15.1. The molecule has 0 unspecified atom stereocenters. The lowest BCUT2D eigenvalue weighted by Crippen LogP contribution is -2.37. The molecule has 0 aliphatic heterocycles. The molecule has 0 saturated heterocycles. The summed E-state index contributed by atoms with van der Waals surface area (Å²) < 4.78 is 13.8. The SMILES string of the molecule is CC(C)N(C(=O)c1ccncc1F)c1ccc(CN)cc1. The number of carbonyl (C=O) groups is 1. The second-order valence-corrected chi connectivity index (χ2v) is 4.99. The Morgan fingerprint density at radius 2 is 1.95 bits per heavy atom. The van der Waals surface area contributed by atoms with E-state index in [1.54, 1.807) is 4.90 Å². The fourth-order valence-corrected chi connectivity index (χ4v) is 2.12. The van der Waals surface area contributed by atoms with Gasteiger partial charge in [-0.1, -0.05) is 12.1 Å². The zero-order valence-corrected chi connectivity index (χ0v) is 12.1. The van der Waals surface area contributed by atoms with Gasteiger partial charge in [-0.15, -0.1) is 0 Å². The van der Waals surface area contributed by atoms with Gasteiger partial charge in [0.1, 0.15) is 0 Å². The number of hydrogen-bond donors (Lipinski definition) is 1. The van der Waals surface area contributed by atoms with Gasteiger partial charge in [0.15, 0.2) is 5.82 Å². The topological polar surface area (TPSA) is 59.2 Å². The summed E-state index contributed by atoms with van der Waals surface area (Å²) in [6.07, 6.45) is 2.45. The molecule has 0 atom stereocenters. The highest BCUT2D eigenvalue weighted by Gasteiger charge is 2.23. The number of aromatic nitrogens is 1. The molecule has 0 spiro atoms. The van der Waals surface area contributed by atoms with Gasteiger partial charge in [-0.25, -0.2) is 4.39 Å². The lowest BCUT2D eigenvalue weighted by molar-refractivity contribution is 0.0976. The number of hydrogen-bond acceptors (Lipinski definition) is 3. The third-order valence-electron chi connectivity index (χ3n) is 3.19. The van der Waals surface area contributed by atoms with Crippen LogP contribution < -0.4 is 10.6 Å². The molecule has 110 valence electrons. The molecule has 0 aliphatic carbocycles. The predicted octanol–water partition coefficient (Wildman–Crippen LogP) is 2.73. The average Bonchev–Trinajstić information content (AvgIpc) is 2.48. The number of anilines is 1. The Bertz CT molecular complexity index is 626. The molecule has 2 N–H and O–H groups in total. The Balaban J connectivity index is 2.39. The normalized spacial score (nSPS) is 10.7. The van der Waals surface area contributed by atoms with E-state index in [0.717, 1.165) is 11.8 Å². The third kappa shape index (κ3) is 3.25. The fourth-order valence-electron chi connectivity index (χ4n) is 2.12. The molecular formula is C16H18FN3O. The lowest BCUT2D eigenvalue weighted by atomic mass is 10.1. The van der Waals surface area contributed by atoms with Crippen LogP contribution in [0.5, 0.6) is 0 Å². The molecule has 2 rings (SSSR count). The van der Waals surface area contributed by atoms with Gasteiger partial charge in [0.25, 0.3) is 5.91 Å². The fraction of sp³-hybridized carbons (Fsp3) is 0.250. The maximum absolute atomic E-state index is 13.8. The third-order valence-corrected chi connectivity index (χ3v) is 3.19. The summed E-state index contributed by atoms with van der Waals surface area (Å²) >= 11 is 0. The van der Waals surface area contributed by atoms with E-state index in [9.17, 15) is 9.18 Å². The predicted molar refractivity (Wildman–Crippen MR) is 80.5 cm³/mol. The molecule has 0 fully saturated rings. The van der Waals surface area contributed by atoms with E-state index in [-0.39, 0.29) is 17.5 Å². The van der Waals surface area contributed by atoms with E-state index in [4.69, 9.17) is 5.73 Å². The summed E-state index contributed by atoms with van der Waals surface area (Å²) in [5.74, 6) is -1.00. The minimum atomic E-state index is -0.619. The molecule has 0 radical (unpaired) electrons. The van der Waals surface area contributed by atoms with E-state index in [1.165, 1.54) is 12.3 Å². The van der Waals surface area contributed by atoms with Crippen molar-refractivity contribution < 1.29 is 9.18 Å². The Kier molecular flexibility index (Phi) is 4.65. The summed E-state index contributed by atoms with van der Waals surface area (Å²) in [4.78, 5) is 17.8. The Morgan fingerprint density at radius 1 is 1.29 bits per heavy atom. The number of carbonyl (C=O) groups excluding carboxylic acids is 1. The first-order chi connectivity index (χ1) is 10.0. The van der Waals surface area contributed by atoms with Gasteiger partial charge < -0.3 is 10.6 Å². The van der Waals surface area contributed by atoms with Crippen LogP contribution in [0.4, 0.5) is 10.1 Å². The van der Waals surface area contributed by atoms with Crippen molar-refractivity contribution in [2.75, 3.05) is 4.90 Å². The molecule has 5 heteroatoms. The van der Waals surface area contributed by atoms with Crippen LogP contribution in [0, 0.1) is 5.82 Å². The van der Waals surface area contributed by atoms with Crippen LogP contribution in [0.2, 0.25) is 0 Å². The second-order valence-electron chi connectivity index (χ2n) is 4.99. The van der Waals surface area contributed by atoms with Gasteiger partial charge in [0, 0.05) is 24.5 Å². The highest BCUT2D eigenvalue weighted by molar-refractivity contribution is 6.06. The Morgan fingerprint density at radius 3 is 2.48 bits per heavy atom. The molecule has 4 nitrogen and oxygen atoms in total. The van der Waals surface area contributed by atoms with Gasteiger partial charge in [-0.05, 0) is 37.6 Å². The average molecular weight is 287 g/mol. The van der Waals surface area contributed by atoms with E-state index < -0.39 is 5.82 Å². The summed E-state index contributed by atoms with van der Waals surface area (Å²) in [7, 11) is 0. The minimum absolute atomic E-state index is 0.0154. The number of halogens is 1. The summed E-state index contributed by atoms with van der Waals surface area (Å²) in [6.45, 7) is 4.20. The summed E-state index contributed by atoms with van der Waals surface area (Å²) in [5.41, 5.74) is 7.27. The van der Waals surface area contributed by atoms with Crippen molar-refractivity contribution in [3.8, 4) is 0 Å². The number of benzene rings is 1. The molecule has 1 aromatic carbocycles. The first-order valence-corrected chi connectivity index (χ1v) is 6.76. The number of amides is 1. The standard InChI is InChI=1S/C16H18FN3O/c1-11(2)20(13-5-3-12(9-18)4-6-13)16(21)14-7-8-19-10-15(14)17/h3-8,10-11H,9,18H2,1-2H3. The zero-order chi connectivity index (χ0) is 15.4. The molecule has 21 heavy (non-hydrogen) atoms. The minimum Gasteiger partial charge on any atom is -0.326 e. The molecule has 2 aromatic rings. The van der Waals surface area contributed by atoms with Crippen molar-refractivity contribution >= 4 is 11.6 Å². The highest BCUT2D eigenvalue weighted by atomic mass is 19.1. The molecule has 1 aromatic heterocycles. The number of nitrogens with two attached hydrogens (primary N) is 1. The summed E-state index contributed by atoms with van der Waals surface area (Å²) in [5, 5.41) is 0. The van der Waals surface area contributed by atoms with Crippen LogP contribution in [0.1, 0.15) is 29.8 Å². The molecule has 0 aliphatic rings. The molecular weight excluding hydrogens is 269 g/mol. The van der Waals surface area contributed by atoms with Gasteiger partial charge >= 0.3 is 0 Å². The smallest absolute Gasteiger partial charge is 0.261 e. The van der Waals surface area contributed by atoms with Crippen molar-refractivity contribution in [1.29, 1.82) is 0 Å². The van der Waals surface area contributed by atoms with Crippen LogP contribution in [0.3, 0.4) is 0 Å². The maximum Gasteiger partial charge on any atom is 0.261 e. The van der Waals surface area contributed by atoms with E-state index in [2.05, 4.69) is 4.98 Å². The first-order valence-electron chi connectivity index (χ1n) is 6.76. The van der Waals surface area contributed by atoms with Crippen molar-refractivity contribution in [3.63, 3.8) is 0 Å². The van der Waals surface area contributed by atoms with Crippen molar-refractivity contribution in [2.24, 2.45) is 5.73 Å². The highest BCUT2D eigenvalue weighted by Crippen LogP contribution is 2.21. The Hall–Kier alpha value is -2.27. The van der Waals surface area contributed by atoms with Crippen LogP contribution in [0.15, 0.2) is 42.7 Å². The number of nitrogens with zero attached hydrogens (tertiary/aromatic N) is 2. The maximum atomic E-state index is 13.8. The van der Waals surface area contributed by atoms with E-state index in [1.807, 2.05) is 38.1 Å². The second kappa shape index (κ2) is 6.45. The lowest BCUT2D eigenvalue weighted by Gasteiger charge is -2.27.